The minimum atomic E-state index is -1.11. The third-order valence-corrected chi connectivity index (χ3v) is 19.3. The first-order chi connectivity index (χ1) is 40.5. The average molecular weight is 1350 g/mol. The molecule has 3 heterocycles. The summed E-state index contributed by atoms with van der Waals surface area (Å²) in [6, 6.07) is 24.8. The molecule has 15 heteroatoms. The highest BCUT2D eigenvalue weighted by Gasteiger charge is 2.30. The van der Waals surface area contributed by atoms with Gasteiger partial charge in [0.05, 0.1) is 42.7 Å². The number of hydrogen-bond donors (Lipinski definition) is 0. The smallest absolute Gasteiger partial charge is 0.216 e. The number of hydrogen-bond acceptors (Lipinski definition) is 12. The number of aryl methyl sites for hydroxylation is 3. The van der Waals surface area contributed by atoms with Gasteiger partial charge in [0.2, 0.25) is 24.0 Å². The van der Waals surface area contributed by atoms with Crippen LogP contribution in [0.15, 0.2) is 98.0 Å². The molecular weight excluding hydrogens is 1220 g/mol. The predicted molar refractivity (Wildman–Crippen MR) is 408 cm³/mol. The maximum Gasteiger partial charge on any atom is 0.216 e. The number of fused-ring (bicyclic) bond motifs is 9. The Kier molecular flexibility index (Phi) is 29.7. The van der Waals surface area contributed by atoms with E-state index < -0.39 is 24.0 Å². The van der Waals surface area contributed by atoms with Crippen LogP contribution in [0.1, 0.15) is 223 Å². The van der Waals surface area contributed by atoms with Crippen molar-refractivity contribution in [2.75, 3.05) is 42.7 Å². The van der Waals surface area contributed by atoms with Crippen LogP contribution in [0.2, 0.25) is 0 Å². The maximum absolute atomic E-state index is 6.53. The molecule has 0 N–H and O–H groups in total. The molecular formula is C78H123O12P3. The van der Waals surface area contributed by atoms with Crippen LogP contribution in [0, 0.1) is 0 Å². The van der Waals surface area contributed by atoms with Crippen LogP contribution in [0.25, 0.3) is 65.8 Å². The molecule has 0 amide bonds. The molecule has 9 rings (SSSR count). The van der Waals surface area contributed by atoms with E-state index in [1.54, 1.807) is 42.7 Å². The van der Waals surface area contributed by atoms with Crippen molar-refractivity contribution >= 4 is 89.9 Å². The van der Waals surface area contributed by atoms with Crippen molar-refractivity contribution in [1.29, 1.82) is 0 Å². The fourth-order valence-electron chi connectivity index (χ4n) is 10.5. The van der Waals surface area contributed by atoms with Gasteiger partial charge in [-0.25, -0.2) is 0 Å². The monoisotopic (exact) mass is 1340 g/mol. The van der Waals surface area contributed by atoms with Crippen molar-refractivity contribution in [3.05, 3.63) is 106 Å². The molecule has 0 unspecified atom stereocenters. The predicted octanol–water partition coefficient (Wildman–Crippen LogP) is 27.6. The second-order valence-corrected chi connectivity index (χ2v) is 33.3. The van der Waals surface area contributed by atoms with E-state index in [0.717, 1.165) is 152 Å². The van der Waals surface area contributed by atoms with Crippen molar-refractivity contribution in [1.82, 2.24) is 0 Å². The summed E-state index contributed by atoms with van der Waals surface area (Å²) in [7, 11) is 6.90. The van der Waals surface area contributed by atoms with Crippen LogP contribution in [0.3, 0.4) is 0 Å². The molecule has 0 atom stereocenters. The van der Waals surface area contributed by atoms with Gasteiger partial charge >= 0.3 is 0 Å². The highest BCUT2D eigenvalue weighted by atomic mass is 31.1. The molecule has 0 saturated carbocycles. The van der Waals surface area contributed by atoms with Gasteiger partial charge < -0.3 is 53.6 Å². The van der Waals surface area contributed by atoms with Crippen LogP contribution in [0.4, 0.5) is 0 Å². The molecule has 0 aliphatic carbocycles. The lowest BCUT2D eigenvalue weighted by molar-refractivity contribution is 0.413. The lowest BCUT2D eigenvalue weighted by Gasteiger charge is -2.21. The Bertz CT molecular complexity index is 3410. The highest BCUT2D eigenvalue weighted by Crippen LogP contribution is 2.49. The first-order valence-electron chi connectivity index (χ1n) is 30.2. The average Bonchev–Trinajstić information content (AvgIpc) is 1.72. The summed E-state index contributed by atoms with van der Waals surface area (Å²) in [5, 5.41) is 5.96. The van der Waals surface area contributed by atoms with Crippen molar-refractivity contribution < 1.29 is 53.6 Å². The van der Waals surface area contributed by atoms with Crippen LogP contribution >= 0.6 is 24.0 Å². The normalized spacial score (nSPS) is 11.6. The van der Waals surface area contributed by atoms with Crippen LogP contribution < -0.4 is 28.4 Å². The zero-order valence-electron chi connectivity index (χ0n) is 57.3. The molecule has 12 nitrogen and oxygen atoms in total. The Labute approximate surface area is 564 Å². The van der Waals surface area contributed by atoms with Crippen molar-refractivity contribution in [2.45, 2.75) is 241 Å². The lowest BCUT2D eigenvalue weighted by atomic mass is 9.84. The van der Waals surface area contributed by atoms with Gasteiger partial charge in [0.25, 0.3) is 0 Å². The zero-order chi connectivity index (χ0) is 64.7. The maximum atomic E-state index is 6.53. The first kappa shape index (κ1) is 84.8. The number of methoxy groups -OCH3 is 6. The Balaban J connectivity index is 0.000000676. The molecule has 93 heavy (non-hydrogen) atoms. The Morgan fingerprint density at radius 3 is 0.441 bits per heavy atom. The molecule has 0 radical (unpaired) electrons. The molecule has 0 bridgehead atoms. The van der Waals surface area contributed by atoms with E-state index in [1.165, 1.54) is 0 Å². The lowest BCUT2D eigenvalue weighted by Crippen LogP contribution is -2.12. The summed E-state index contributed by atoms with van der Waals surface area (Å²) in [4.78, 5) is 0. The molecule has 0 saturated heterocycles. The Morgan fingerprint density at radius 1 is 0.237 bits per heavy atom. The van der Waals surface area contributed by atoms with Crippen LogP contribution in [-0.4, -0.2) is 42.7 Å². The minimum Gasteiger partial charge on any atom is -0.497 e. The second-order valence-electron chi connectivity index (χ2n) is 28.3. The summed E-state index contributed by atoms with van der Waals surface area (Å²) in [6.07, 6.45) is 2.41. The third-order valence-electron chi connectivity index (χ3n) is 15.4. The number of rotatable bonds is 9. The summed E-state index contributed by atoms with van der Waals surface area (Å²) in [5.41, 5.74) is 11.4. The van der Waals surface area contributed by atoms with E-state index in [1.807, 2.05) is 36.4 Å². The summed E-state index contributed by atoms with van der Waals surface area (Å²) in [6.45, 7) is 45.8. The molecule has 0 spiro atoms. The Hall–Kier alpha value is -6.18. The van der Waals surface area contributed by atoms with E-state index in [4.69, 9.17) is 53.6 Å². The summed E-state index contributed by atoms with van der Waals surface area (Å²) < 4.78 is 73.1. The van der Waals surface area contributed by atoms with Crippen LogP contribution in [0.5, 0.6) is 34.5 Å². The quantitative estimate of drug-likeness (QED) is 0.136. The van der Waals surface area contributed by atoms with Crippen molar-refractivity contribution in [2.24, 2.45) is 0 Å². The fourth-order valence-corrected chi connectivity index (χ4v) is 13.8. The van der Waals surface area contributed by atoms with E-state index in [2.05, 4.69) is 182 Å². The number of benzene rings is 6. The van der Waals surface area contributed by atoms with E-state index in [0.29, 0.717) is 0 Å². The fraction of sp³-hybridized carbons (Fsp3) is 0.538. The summed E-state index contributed by atoms with van der Waals surface area (Å²) >= 11 is 0. The topological polar surface area (TPSA) is 134 Å². The van der Waals surface area contributed by atoms with Gasteiger partial charge in [0.15, 0.2) is 0 Å². The largest absolute Gasteiger partial charge is 0.497 e. The molecule has 9 aromatic rings. The van der Waals surface area contributed by atoms with Gasteiger partial charge in [-0.05, 0) is 105 Å². The zero-order valence-corrected chi connectivity index (χ0v) is 60.0. The second kappa shape index (κ2) is 32.5. The third kappa shape index (κ3) is 18.6. The standard InChI is InChI=1S/3C24H33O4P.6CH4/c3*1-10-29-27-21-17(11-15(25-8)13-19(21)23(2,3)4)18-12-16(26-9)14-20(22(18)28-29)24(5,6)7;;;;;;/h3*11-14H,10H2,1-9H3;6*1H4. The Morgan fingerprint density at radius 2 is 0.355 bits per heavy atom. The molecule has 0 fully saturated rings. The van der Waals surface area contributed by atoms with Crippen LogP contribution in [-0.2, 0) is 51.0 Å². The van der Waals surface area contributed by atoms with E-state index in [9.17, 15) is 0 Å². The van der Waals surface area contributed by atoms with Gasteiger partial charge in [-0.1, -0.05) is 190 Å². The summed E-state index contributed by atoms with van der Waals surface area (Å²) in [5.74, 6) is 4.87. The van der Waals surface area contributed by atoms with Gasteiger partial charge in [-0.2, -0.15) is 0 Å². The molecule has 522 valence electrons. The van der Waals surface area contributed by atoms with Gasteiger partial charge in [0.1, 0.15) is 68.0 Å². The first-order valence-corrected chi connectivity index (χ1v) is 34.3. The molecule has 3 aromatic heterocycles. The van der Waals surface area contributed by atoms with Gasteiger partial charge in [-0.15, -0.1) is 0 Å². The molecule has 6 aromatic carbocycles. The SMILES string of the molecule is C.C.C.C.C.C.CCp1oc2c(C(C)(C)C)cc(OC)cc2c2cc(OC)cc(C(C)(C)C)c2o1.CCp1oc2c(C(C)(C)C)cc(OC)cc2c2cc(OC)cc(C(C)(C)C)c2o1.CCp1oc2c(C(C)(C)C)cc(OC)cc2c2cc(OC)cc(C(C)(C)C)c2o1. The molecule has 0 aliphatic heterocycles. The van der Waals surface area contributed by atoms with E-state index >= 15 is 0 Å². The van der Waals surface area contributed by atoms with Gasteiger partial charge in [-0.3, -0.25) is 0 Å². The van der Waals surface area contributed by atoms with Gasteiger partial charge in [0, 0.05) is 84.2 Å². The van der Waals surface area contributed by atoms with Crippen molar-refractivity contribution in [3.63, 3.8) is 0 Å². The minimum absolute atomic E-state index is 0. The van der Waals surface area contributed by atoms with Crippen molar-refractivity contribution in [3.8, 4) is 34.5 Å². The number of ether oxygens (including phenoxy) is 6. The van der Waals surface area contributed by atoms with E-state index in [-0.39, 0.29) is 77.0 Å². The molecule has 0 aliphatic rings. The highest BCUT2D eigenvalue weighted by molar-refractivity contribution is 7.36.